The van der Waals surface area contributed by atoms with E-state index >= 15 is 0 Å². The summed E-state index contributed by atoms with van der Waals surface area (Å²) in [6.07, 6.45) is 6.67. The van der Waals surface area contributed by atoms with Crippen LogP contribution in [0.5, 0.6) is 0 Å². The Morgan fingerprint density at radius 2 is 2.15 bits per heavy atom. The molecule has 0 aliphatic heterocycles. The molecule has 1 unspecified atom stereocenters. The van der Waals surface area contributed by atoms with Gasteiger partial charge >= 0.3 is 0 Å². The zero-order chi connectivity index (χ0) is 14.5. The van der Waals surface area contributed by atoms with Gasteiger partial charge in [0.1, 0.15) is 0 Å². The summed E-state index contributed by atoms with van der Waals surface area (Å²) in [5.74, 6) is 0. The second kappa shape index (κ2) is 6.93. The van der Waals surface area contributed by atoms with Crippen molar-refractivity contribution in [2.24, 2.45) is 0 Å². The van der Waals surface area contributed by atoms with Crippen molar-refractivity contribution in [1.29, 1.82) is 0 Å². The van der Waals surface area contributed by atoms with Gasteiger partial charge in [0.25, 0.3) is 0 Å². The molecule has 1 aromatic carbocycles. The lowest BCUT2D eigenvalue weighted by Gasteiger charge is -2.18. The minimum atomic E-state index is 0.411. The number of nitrogens with one attached hydrogen (secondary N) is 1. The Morgan fingerprint density at radius 1 is 1.35 bits per heavy atom. The Morgan fingerprint density at radius 3 is 2.90 bits per heavy atom. The number of aromatic nitrogens is 1. The number of hydrogen-bond donors (Lipinski definition) is 2. The van der Waals surface area contributed by atoms with Crippen LogP contribution in [-0.4, -0.2) is 11.0 Å². The maximum Gasteiger partial charge on any atom is 0.0743 e. The van der Waals surface area contributed by atoms with Gasteiger partial charge in [-0.15, -0.1) is 0 Å². The topological polar surface area (TPSA) is 50.9 Å². The predicted octanol–water partition coefficient (Wildman–Crippen LogP) is 4.96. The highest BCUT2D eigenvalue weighted by Gasteiger charge is 2.10. The molecule has 3 N–H and O–H groups in total. The summed E-state index contributed by atoms with van der Waals surface area (Å²) in [5, 5.41) is 4.62. The molecule has 0 spiro atoms. The number of rotatable bonds is 6. The minimum absolute atomic E-state index is 0.411. The number of hydrogen-bond acceptors (Lipinski definition) is 3. The molecule has 0 radical (unpaired) electrons. The average Bonchev–Trinajstić information content (AvgIpc) is 2.42. The van der Waals surface area contributed by atoms with Crippen molar-refractivity contribution in [3.8, 4) is 0 Å². The number of nitrogen functional groups attached to an aromatic ring is 1. The molecule has 1 heterocycles. The second-order valence-corrected chi connectivity index (χ2v) is 6.21. The first kappa shape index (κ1) is 15.1. The third-order valence-corrected chi connectivity index (χ3v) is 3.98. The van der Waals surface area contributed by atoms with Gasteiger partial charge in [-0.1, -0.05) is 42.1 Å². The summed E-state index contributed by atoms with van der Waals surface area (Å²) < 4.78 is 1.04. The van der Waals surface area contributed by atoms with Gasteiger partial charge in [-0.25, -0.2) is 0 Å². The van der Waals surface area contributed by atoms with Crippen LogP contribution in [0.3, 0.4) is 0 Å². The van der Waals surface area contributed by atoms with Crippen LogP contribution in [0.2, 0.25) is 0 Å². The number of anilines is 2. The van der Waals surface area contributed by atoms with Crippen LogP contribution >= 0.6 is 15.9 Å². The largest absolute Gasteiger partial charge is 0.396 e. The van der Waals surface area contributed by atoms with Crippen molar-refractivity contribution in [2.75, 3.05) is 11.1 Å². The van der Waals surface area contributed by atoms with E-state index in [4.69, 9.17) is 5.73 Å². The van der Waals surface area contributed by atoms with E-state index in [-0.39, 0.29) is 0 Å². The molecular formula is C16H22BrN3. The standard InChI is InChI=1S/C16H22BrN3/c1-3-4-5-6-11(2)20-16-13-9-12(17)7-8-15(13)19-10-14(16)18/h7-11H,3-6,18H2,1-2H3,(H,19,20). The van der Waals surface area contributed by atoms with Crippen LogP contribution in [0.1, 0.15) is 39.5 Å². The van der Waals surface area contributed by atoms with Crippen LogP contribution in [-0.2, 0) is 0 Å². The maximum atomic E-state index is 6.10. The van der Waals surface area contributed by atoms with Crippen LogP contribution in [0.4, 0.5) is 11.4 Å². The summed E-state index contributed by atoms with van der Waals surface area (Å²) in [5.41, 5.74) is 8.77. The van der Waals surface area contributed by atoms with Crippen molar-refractivity contribution < 1.29 is 0 Å². The number of fused-ring (bicyclic) bond motifs is 1. The molecule has 4 heteroatoms. The number of pyridine rings is 1. The zero-order valence-electron chi connectivity index (χ0n) is 12.1. The summed E-state index contributed by atoms with van der Waals surface area (Å²) in [6.45, 7) is 4.43. The fourth-order valence-corrected chi connectivity index (χ4v) is 2.72. The molecule has 2 rings (SSSR count). The van der Waals surface area contributed by atoms with Gasteiger partial charge < -0.3 is 11.1 Å². The number of halogens is 1. The monoisotopic (exact) mass is 335 g/mol. The molecule has 3 nitrogen and oxygen atoms in total. The van der Waals surface area contributed by atoms with Gasteiger partial charge in [0.05, 0.1) is 23.1 Å². The van der Waals surface area contributed by atoms with E-state index in [1.165, 1.54) is 19.3 Å². The van der Waals surface area contributed by atoms with Gasteiger partial charge in [0, 0.05) is 15.9 Å². The Labute approximate surface area is 129 Å². The normalized spacial score (nSPS) is 12.6. The van der Waals surface area contributed by atoms with Gasteiger partial charge in [0.15, 0.2) is 0 Å². The average molecular weight is 336 g/mol. The maximum absolute atomic E-state index is 6.10. The molecule has 20 heavy (non-hydrogen) atoms. The Hall–Kier alpha value is -1.29. The molecule has 0 fully saturated rings. The van der Waals surface area contributed by atoms with Gasteiger partial charge in [-0.2, -0.15) is 0 Å². The number of nitrogens with two attached hydrogens (primary N) is 1. The van der Waals surface area contributed by atoms with E-state index < -0.39 is 0 Å². The molecule has 108 valence electrons. The Bertz CT molecular complexity index is 578. The number of nitrogens with zero attached hydrogens (tertiary/aromatic N) is 1. The summed E-state index contributed by atoms with van der Waals surface area (Å²) >= 11 is 3.51. The predicted molar refractivity (Wildman–Crippen MR) is 91.1 cm³/mol. The van der Waals surface area contributed by atoms with Crippen LogP contribution in [0, 0.1) is 0 Å². The third-order valence-electron chi connectivity index (χ3n) is 3.49. The van der Waals surface area contributed by atoms with Crippen LogP contribution < -0.4 is 11.1 Å². The second-order valence-electron chi connectivity index (χ2n) is 5.29. The molecule has 1 aromatic heterocycles. The SMILES string of the molecule is CCCCCC(C)Nc1c(N)cnc2ccc(Br)cc12. The number of benzene rings is 1. The molecule has 0 saturated heterocycles. The quantitative estimate of drug-likeness (QED) is 0.733. The van der Waals surface area contributed by atoms with Crippen LogP contribution in [0.25, 0.3) is 10.9 Å². The summed E-state index contributed by atoms with van der Waals surface area (Å²) in [4.78, 5) is 4.38. The smallest absolute Gasteiger partial charge is 0.0743 e. The van der Waals surface area contributed by atoms with E-state index in [0.717, 1.165) is 27.5 Å². The van der Waals surface area contributed by atoms with Crippen LogP contribution in [0.15, 0.2) is 28.9 Å². The van der Waals surface area contributed by atoms with Crippen molar-refractivity contribution in [3.05, 3.63) is 28.9 Å². The van der Waals surface area contributed by atoms with Gasteiger partial charge in [0.2, 0.25) is 0 Å². The van der Waals surface area contributed by atoms with E-state index in [1.54, 1.807) is 6.20 Å². The molecule has 0 aliphatic carbocycles. The third kappa shape index (κ3) is 3.63. The van der Waals surface area contributed by atoms with Crippen molar-refractivity contribution in [2.45, 2.75) is 45.6 Å². The Balaban J connectivity index is 2.23. The lowest BCUT2D eigenvalue weighted by molar-refractivity contribution is 0.615. The minimum Gasteiger partial charge on any atom is -0.396 e. The molecule has 1 atom stereocenters. The first-order chi connectivity index (χ1) is 9.61. The van der Waals surface area contributed by atoms with E-state index in [2.05, 4.69) is 46.1 Å². The van der Waals surface area contributed by atoms with Crippen molar-refractivity contribution in [1.82, 2.24) is 4.98 Å². The van der Waals surface area contributed by atoms with Gasteiger partial charge in [-0.05, 0) is 31.5 Å². The molecule has 0 amide bonds. The van der Waals surface area contributed by atoms with Gasteiger partial charge in [-0.3, -0.25) is 4.98 Å². The van der Waals surface area contributed by atoms with E-state index in [9.17, 15) is 0 Å². The zero-order valence-corrected chi connectivity index (χ0v) is 13.7. The summed E-state index contributed by atoms with van der Waals surface area (Å²) in [7, 11) is 0. The molecule has 2 aromatic rings. The Kier molecular flexibility index (Phi) is 5.24. The fraction of sp³-hybridized carbons (Fsp3) is 0.438. The highest BCUT2D eigenvalue weighted by Crippen LogP contribution is 2.31. The first-order valence-corrected chi connectivity index (χ1v) is 8.01. The molecule has 0 aliphatic rings. The summed E-state index contributed by atoms with van der Waals surface area (Å²) in [6, 6.07) is 6.49. The van der Waals surface area contributed by atoms with Crippen molar-refractivity contribution in [3.63, 3.8) is 0 Å². The molecular weight excluding hydrogens is 314 g/mol. The first-order valence-electron chi connectivity index (χ1n) is 7.22. The van der Waals surface area contributed by atoms with E-state index in [1.807, 2.05) is 12.1 Å². The molecule has 0 bridgehead atoms. The highest BCUT2D eigenvalue weighted by molar-refractivity contribution is 9.10. The fourth-order valence-electron chi connectivity index (χ4n) is 2.36. The highest BCUT2D eigenvalue weighted by atomic mass is 79.9. The lowest BCUT2D eigenvalue weighted by atomic mass is 10.1. The lowest BCUT2D eigenvalue weighted by Crippen LogP contribution is -2.16. The number of unbranched alkanes of at least 4 members (excludes halogenated alkanes) is 2. The van der Waals surface area contributed by atoms with E-state index in [0.29, 0.717) is 11.7 Å². The molecule has 0 saturated carbocycles. The van der Waals surface area contributed by atoms with Crippen molar-refractivity contribution >= 4 is 38.2 Å².